The molecular weight excluding hydrogens is 246 g/mol. The lowest BCUT2D eigenvalue weighted by atomic mass is 10.1. The van der Waals surface area contributed by atoms with Gasteiger partial charge in [-0.2, -0.15) is 0 Å². The van der Waals surface area contributed by atoms with Crippen LogP contribution in [-0.4, -0.2) is 12.5 Å². The molecule has 1 amide bonds. The molecule has 0 aliphatic carbocycles. The molecule has 0 bridgehead atoms. The van der Waals surface area contributed by atoms with Crippen molar-refractivity contribution in [3.05, 3.63) is 46.2 Å². The van der Waals surface area contributed by atoms with Gasteiger partial charge in [-0.25, -0.2) is 0 Å². The molecule has 1 heterocycles. The molecule has 1 aromatic carbocycles. The fourth-order valence-electron chi connectivity index (χ4n) is 1.66. The van der Waals surface area contributed by atoms with Gasteiger partial charge in [-0.15, -0.1) is 11.3 Å². The zero-order valence-corrected chi connectivity index (χ0v) is 10.7. The third kappa shape index (κ3) is 3.24. The second-order valence-corrected chi connectivity index (χ2v) is 5.01. The van der Waals surface area contributed by atoms with Crippen molar-refractivity contribution in [2.75, 3.05) is 18.0 Å². The molecule has 4 nitrogen and oxygen atoms in total. The van der Waals surface area contributed by atoms with Crippen LogP contribution >= 0.6 is 11.3 Å². The standard InChI is InChI=1S/C13H15N3OS/c14-10-6-9(7-11(15)8-10)13(17)16-4-3-12-2-1-5-18-12/h1-2,5-8H,3-4,14-15H2,(H,16,17). The first-order valence-corrected chi connectivity index (χ1v) is 6.50. The topological polar surface area (TPSA) is 81.1 Å². The summed E-state index contributed by atoms with van der Waals surface area (Å²) in [6, 6.07) is 8.92. The van der Waals surface area contributed by atoms with Gasteiger partial charge in [-0.3, -0.25) is 4.79 Å². The number of nitrogens with two attached hydrogens (primary N) is 2. The molecule has 2 rings (SSSR count). The third-order valence-electron chi connectivity index (χ3n) is 2.48. The second-order valence-electron chi connectivity index (χ2n) is 3.97. The summed E-state index contributed by atoms with van der Waals surface area (Å²) in [6.07, 6.45) is 0.835. The van der Waals surface area contributed by atoms with E-state index in [1.807, 2.05) is 11.4 Å². The number of rotatable bonds is 4. The van der Waals surface area contributed by atoms with Gasteiger partial charge in [-0.05, 0) is 36.1 Å². The summed E-state index contributed by atoms with van der Waals surface area (Å²) in [5.41, 5.74) is 12.8. The van der Waals surface area contributed by atoms with Crippen molar-refractivity contribution >= 4 is 28.6 Å². The molecule has 0 radical (unpaired) electrons. The Labute approximate surface area is 110 Å². The van der Waals surface area contributed by atoms with E-state index in [1.54, 1.807) is 29.5 Å². The summed E-state index contributed by atoms with van der Waals surface area (Å²) in [5, 5.41) is 4.87. The number of anilines is 2. The van der Waals surface area contributed by atoms with Gasteiger partial charge in [0.15, 0.2) is 0 Å². The number of carbonyl (C=O) groups is 1. The Hall–Kier alpha value is -2.01. The van der Waals surface area contributed by atoms with Crippen LogP contribution in [0.5, 0.6) is 0 Å². The number of amides is 1. The quantitative estimate of drug-likeness (QED) is 0.735. The average molecular weight is 261 g/mol. The number of nitrogen functional groups attached to an aromatic ring is 2. The number of thiophene rings is 1. The van der Waals surface area contributed by atoms with Crippen molar-refractivity contribution in [2.24, 2.45) is 0 Å². The Bertz CT molecular complexity index is 517. The first-order valence-electron chi connectivity index (χ1n) is 5.62. The number of benzene rings is 1. The van der Waals surface area contributed by atoms with Crippen molar-refractivity contribution in [1.82, 2.24) is 5.32 Å². The fourth-order valence-corrected chi connectivity index (χ4v) is 2.37. The molecule has 0 saturated carbocycles. The van der Waals surface area contributed by atoms with Crippen LogP contribution in [0.1, 0.15) is 15.2 Å². The lowest BCUT2D eigenvalue weighted by Gasteiger charge is -2.06. The van der Waals surface area contributed by atoms with E-state index in [-0.39, 0.29) is 5.91 Å². The SMILES string of the molecule is Nc1cc(N)cc(C(=O)NCCc2cccs2)c1. The highest BCUT2D eigenvalue weighted by Crippen LogP contribution is 2.13. The van der Waals surface area contributed by atoms with Gasteiger partial charge in [0, 0.05) is 28.4 Å². The van der Waals surface area contributed by atoms with Gasteiger partial charge in [-0.1, -0.05) is 6.07 Å². The van der Waals surface area contributed by atoms with E-state index in [1.165, 1.54) is 4.88 Å². The molecule has 0 aliphatic rings. The summed E-state index contributed by atoms with van der Waals surface area (Å²) < 4.78 is 0. The van der Waals surface area contributed by atoms with Crippen LogP contribution in [0.15, 0.2) is 35.7 Å². The average Bonchev–Trinajstić information content (AvgIpc) is 2.80. The Morgan fingerprint density at radius 3 is 2.56 bits per heavy atom. The Morgan fingerprint density at radius 1 is 1.22 bits per heavy atom. The van der Waals surface area contributed by atoms with E-state index in [0.717, 1.165) is 6.42 Å². The molecule has 5 heteroatoms. The molecule has 5 N–H and O–H groups in total. The van der Waals surface area contributed by atoms with Gasteiger partial charge in [0.1, 0.15) is 0 Å². The molecule has 0 atom stereocenters. The number of carbonyl (C=O) groups excluding carboxylic acids is 1. The number of hydrogen-bond donors (Lipinski definition) is 3. The highest BCUT2D eigenvalue weighted by molar-refractivity contribution is 7.09. The lowest BCUT2D eigenvalue weighted by molar-refractivity contribution is 0.0954. The first kappa shape index (κ1) is 12.4. The van der Waals surface area contributed by atoms with Crippen LogP contribution in [0.25, 0.3) is 0 Å². The molecule has 18 heavy (non-hydrogen) atoms. The maximum Gasteiger partial charge on any atom is 0.251 e. The zero-order chi connectivity index (χ0) is 13.0. The molecule has 2 aromatic rings. The first-order chi connectivity index (χ1) is 8.65. The Morgan fingerprint density at radius 2 is 1.94 bits per heavy atom. The summed E-state index contributed by atoms with van der Waals surface area (Å²) >= 11 is 1.68. The smallest absolute Gasteiger partial charge is 0.251 e. The largest absolute Gasteiger partial charge is 0.399 e. The minimum atomic E-state index is -0.148. The second kappa shape index (κ2) is 5.55. The van der Waals surface area contributed by atoms with Crippen LogP contribution in [-0.2, 0) is 6.42 Å². The van der Waals surface area contributed by atoms with Crippen molar-refractivity contribution in [2.45, 2.75) is 6.42 Å². The summed E-state index contributed by atoms with van der Waals surface area (Å²) in [5.74, 6) is -0.148. The predicted molar refractivity (Wildman–Crippen MR) is 75.6 cm³/mol. The van der Waals surface area contributed by atoms with Crippen molar-refractivity contribution in [3.63, 3.8) is 0 Å². The third-order valence-corrected chi connectivity index (χ3v) is 3.41. The lowest BCUT2D eigenvalue weighted by Crippen LogP contribution is -2.25. The normalized spacial score (nSPS) is 10.2. The highest BCUT2D eigenvalue weighted by Gasteiger charge is 2.06. The maximum absolute atomic E-state index is 11.9. The monoisotopic (exact) mass is 261 g/mol. The van der Waals surface area contributed by atoms with Gasteiger partial charge in [0.25, 0.3) is 5.91 Å². The van der Waals surface area contributed by atoms with Gasteiger partial charge in [0.2, 0.25) is 0 Å². The highest BCUT2D eigenvalue weighted by atomic mass is 32.1. The molecule has 0 fully saturated rings. The Kier molecular flexibility index (Phi) is 3.84. The summed E-state index contributed by atoms with van der Waals surface area (Å²) in [7, 11) is 0. The molecule has 1 aromatic heterocycles. The van der Waals surface area contributed by atoms with Gasteiger partial charge < -0.3 is 16.8 Å². The number of nitrogens with one attached hydrogen (secondary N) is 1. The van der Waals surface area contributed by atoms with E-state index in [0.29, 0.717) is 23.5 Å². The summed E-state index contributed by atoms with van der Waals surface area (Å²) in [6.45, 7) is 0.605. The molecule has 0 aliphatic heterocycles. The van der Waals surface area contributed by atoms with Crippen LogP contribution < -0.4 is 16.8 Å². The van der Waals surface area contributed by atoms with Crippen molar-refractivity contribution in [1.29, 1.82) is 0 Å². The molecular formula is C13H15N3OS. The molecule has 0 saturated heterocycles. The predicted octanol–water partition coefficient (Wildman–Crippen LogP) is 1.88. The van der Waals surface area contributed by atoms with Crippen LogP contribution in [0.3, 0.4) is 0 Å². The van der Waals surface area contributed by atoms with E-state index in [9.17, 15) is 4.79 Å². The zero-order valence-electron chi connectivity index (χ0n) is 9.85. The van der Waals surface area contributed by atoms with Crippen LogP contribution in [0, 0.1) is 0 Å². The minimum Gasteiger partial charge on any atom is -0.399 e. The Balaban J connectivity index is 1.91. The minimum absolute atomic E-state index is 0.148. The van der Waals surface area contributed by atoms with Crippen LogP contribution in [0.4, 0.5) is 11.4 Å². The van der Waals surface area contributed by atoms with Crippen molar-refractivity contribution < 1.29 is 4.79 Å². The van der Waals surface area contributed by atoms with Crippen LogP contribution in [0.2, 0.25) is 0 Å². The van der Waals surface area contributed by atoms with E-state index < -0.39 is 0 Å². The molecule has 0 spiro atoms. The summed E-state index contributed by atoms with van der Waals surface area (Å²) in [4.78, 5) is 13.1. The number of hydrogen-bond acceptors (Lipinski definition) is 4. The van der Waals surface area contributed by atoms with E-state index in [2.05, 4.69) is 11.4 Å². The van der Waals surface area contributed by atoms with Gasteiger partial charge in [0.05, 0.1) is 0 Å². The molecule has 94 valence electrons. The molecule has 0 unspecified atom stereocenters. The fraction of sp³-hybridized carbons (Fsp3) is 0.154. The van der Waals surface area contributed by atoms with E-state index >= 15 is 0 Å². The van der Waals surface area contributed by atoms with Gasteiger partial charge >= 0.3 is 0 Å². The van der Waals surface area contributed by atoms with Crippen molar-refractivity contribution in [3.8, 4) is 0 Å². The maximum atomic E-state index is 11.9. The van der Waals surface area contributed by atoms with E-state index in [4.69, 9.17) is 11.5 Å².